The third-order valence-corrected chi connectivity index (χ3v) is 2.38. The molecule has 0 fully saturated rings. The zero-order valence-corrected chi connectivity index (χ0v) is 7.59. The molecular formula is C10H17N. The molecule has 0 spiro atoms. The summed E-state index contributed by atoms with van der Waals surface area (Å²) in [5.74, 6) is 1.43. The minimum atomic E-state index is 0.688. The molecular weight excluding hydrogens is 134 g/mol. The van der Waals surface area contributed by atoms with Gasteiger partial charge in [0.15, 0.2) is 0 Å². The Labute approximate surface area is 69.2 Å². The SMILES string of the molecule is CC(C)C(C)C1=CCNC=C1. The highest BCUT2D eigenvalue weighted by molar-refractivity contribution is 5.24. The molecule has 62 valence electrons. The van der Waals surface area contributed by atoms with Crippen LogP contribution in [0.15, 0.2) is 23.9 Å². The molecule has 1 atom stereocenters. The van der Waals surface area contributed by atoms with Crippen LogP contribution in [-0.2, 0) is 0 Å². The molecule has 0 saturated heterocycles. The summed E-state index contributed by atoms with van der Waals surface area (Å²) in [5, 5.41) is 3.15. The van der Waals surface area contributed by atoms with E-state index in [0.29, 0.717) is 5.92 Å². The average Bonchev–Trinajstić information content (AvgIpc) is 2.05. The zero-order valence-electron chi connectivity index (χ0n) is 7.59. The van der Waals surface area contributed by atoms with Gasteiger partial charge in [0.2, 0.25) is 0 Å². The van der Waals surface area contributed by atoms with Gasteiger partial charge < -0.3 is 5.32 Å². The van der Waals surface area contributed by atoms with Crippen LogP contribution < -0.4 is 5.32 Å². The van der Waals surface area contributed by atoms with E-state index in [4.69, 9.17) is 0 Å². The van der Waals surface area contributed by atoms with Crippen molar-refractivity contribution in [3.8, 4) is 0 Å². The van der Waals surface area contributed by atoms with Crippen molar-refractivity contribution in [1.82, 2.24) is 5.32 Å². The topological polar surface area (TPSA) is 12.0 Å². The molecule has 11 heavy (non-hydrogen) atoms. The third kappa shape index (κ3) is 2.11. The van der Waals surface area contributed by atoms with Crippen molar-refractivity contribution in [3.05, 3.63) is 23.9 Å². The van der Waals surface area contributed by atoms with Crippen LogP contribution in [0.2, 0.25) is 0 Å². The molecule has 1 heterocycles. The van der Waals surface area contributed by atoms with E-state index in [9.17, 15) is 0 Å². The van der Waals surface area contributed by atoms with Gasteiger partial charge in [-0.3, -0.25) is 0 Å². The predicted octanol–water partition coefficient (Wildman–Crippen LogP) is 2.32. The molecule has 1 nitrogen and oxygen atoms in total. The van der Waals surface area contributed by atoms with Crippen molar-refractivity contribution in [3.63, 3.8) is 0 Å². The second kappa shape index (κ2) is 3.61. The Balaban J connectivity index is 2.59. The number of rotatable bonds is 2. The normalized spacial score (nSPS) is 19.5. The molecule has 1 rings (SSSR count). The maximum absolute atomic E-state index is 3.15. The van der Waals surface area contributed by atoms with Gasteiger partial charge >= 0.3 is 0 Å². The summed E-state index contributed by atoms with van der Waals surface area (Å²) in [5.41, 5.74) is 1.47. The molecule has 1 N–H and O–H groups in total. The summed E-state index contributed by atoms with van der Waals surface area (Å²) in [6.07, 6.45) is 6.48. The molecule has 0 saturated carbocycles. The van der Waals surface area contributed by atoms with Gasteiger partial charge in [-0.25, -0.2) is 0 Å². The smallest absolute Gasteiger partial charge is 0.0331 e. The van der Waals surface area contributed by atoms with Crippen LogP contribution in [0.3, 0.4) is 0 Å². The highest BCUT2D eigenvalue weighted by Crippen LogP contribution is 2.21. The van der Waals surface area contributed by atoms with Gasteiger partial charge in [-0.15, -0.1) is 0 Å². The van der Waals surface area contributed by atoms with E-state index in [1.807, 2.05) is 6.20 Å². The van der Waals surface area contributed by atoms with Gasteiger partial charge in [-0.1, -0.05) is 26.8 Å². The lowest BCUT2D eigenvalue weighted by Crippen LogP contribution is -2.14. The van der Waals surface area contributed by atoms with Crippen molar-refractivity contribution < 1.29 is 0 Å². The Hall–Kier alpha value is -0.720. The predicted molar refractivity (Wildman–Crippen MR) is 49.2 cm³/mol. The van der Waals surface area contributed by atoms with Crippen LogP contribution in [-0.4, -0.2) is 6.54 Å². The number of nitrogens with one attached hydrogen (secondary N) is 1. The van der Waals surface area contributed by atoms with Crippen LogP contribution in [0.25, 0.3) is 0 Å². The van der Waals surface area contributed by atoms with Gasteiger partial charge in [0.25, 0.3) is 0 Å². The van der Waals surface area contributed by atoms with Crippen LogP contribution in [0.4, 0.5) is 0 Å². The Morgan fingerprint density at radius 3 is 2.55 bits per heavy atom. The minimum Gasteiger partial charge on any atom is -0.387 e. The standard InChI is InChI=1S/C10H17N/c1-8(2)9(3)10-4-6-11-7-5-10/h4-6,8-9,11H,7H2,1-3H3. The van der Waals surface area contributed by atoms with Gasteiger partial charge in [-0.05, 0) is 29.7 Å². The van der Waals surface area contributed by atoms with Gasteiger partial charge in [0.05, 0.1) is 0 Å². The fourth-order valence-electron chi connectivity index (χ4n) is 1.19. The van der Waals surface area contributed by atoms with Crippen LogP contribution in [0.1, 0.15) is 20.8 Å². The lowest BCUT2D eigenvalue weighted by molar-refractivity contribution is 0.485. The minimum absolute atomic E-state index is 0.688. The monoisotopic (exact) mass is 151 g/mol. The summed E-state index contributed by atoms with van der Waals surface area (Å²) >= 11 is 0. The van der Waals surface area contributed by atoms with E-state index >= 15 is 0 Å². The summed E-state index contributed by atoms with van der Waals surface area (Å²) in [7, 11) is 0. The van der Waals surface area contributed by atoms with Crippen molar-refractivity contribution in [2.45, 2.75) is 20.8 Å². The van der Waals surface area contributed by atoms with Gasteiger partial charge in [0.1, 0.15) is 0 Å². The van der Waals surface area contributed by atoms with Gasteiger partial charge in [0, 0.05) is 6.54 Å². The summed E-state index contributed by atoms with van der Waals surface area (Å²) in [6.45, 7) is 7.80. The molecule has 0 aromatic rings. The largest absolute Gasteiger partial charge is 0.387 e. The van der Waals surface area contributed by atoms with Crippen LogP contribution in [0.5, 0.6) is 0 Å². The first kappa shape index (κ1) is 8.38. The summed E-state index contributed by atoms with van der Waals surface area (Å²) < 4.78 is 0. The first-order valence-electron chi connectivity index (χ1n) is 4.32. The van der Waals surface area contributed by atoms with E-state index in [1.54, 1.807) is 0 Å². The summed E-state index contributed by atoms with van der Waals surface area (Å²) in [4.78, 5) is 0. The second-order valence-corrected chi connectivity index (χ2v) is 3.48. The molecule has 0 amide bonds. The zero-order chi connectivity index (χ0) is 8.27. The first-order valence-corrected chi connectivity index (χ1v) is 4.32. The maximum atomic E-state index is 3.15. The van der Waals surface area contributed by atoms with E-state index < -0.39 is 0 Å². The number of hydrogen-bond acceptors (Lipinski definition) is 1. The summed E-state index contributed by atoms with van der Waals surface area (Å²) in [6, 6.07) is 0. The number of allylic oxidation sites excluding steroid dienone is 2. The first-order chi connectivity index (χ1) is 5.22. The molecule has 1 aliphatic rings. The molecule has 0 radical (unpaired) electrons. The maximum Gasteiger partial charge on any atom is 0.0331 e. The molecule has 0 aliphatic carbocycles. The number of dihydropyridines is 1. The molecule has 1 aliphatic heterocycles. The fourth-order valence-corrected chi connectivity index (χ4v) is 1.19. The van der Waals surface area contributed by atoms with E-state index in [2.05, 4.69) is 38.2 Å². The number of hydrogen-bond donors (Lipinski definition) is 1. The molecule has 1 unspecified atom stereocenters. The quantitative estimate of drug-likeness (QED) is 0.638. The van der Waals surface area contributed by atoms with Crippen molar-refractivity contribution in [2.75, 3.05) is 6.54 Å². The Morgan fingerprint density at radius 1 is 1.36 bits per heavy atom. The molecule has 0 aromatic heterocycles. The van der Waals surface area contributed by atoms with E-state index in [-0.39, 0.29) is 0 Å². The molecule has 0 aromatic carbocycles. The van der Waals surface area contributed by atoms with Gasteiger partial charge in [-0.2, -0.15) is 0 Å². The second-order valence-electron chi connectivity index (χ2n) is 3.48. The van der Waals surface area contributed by atoms with Crippen molar-refractivity contribution >= 4 is 0 Å². The molecule has 0 bridgehead atoms. The van der Waals surface area contributed by atoms with E-state index in [1.165, 1.54) is 5.57 Å². The Kier molecular flexibility index (Phi) is 2.75. The Morgan fingerprint density at radius 2 is 2.09 bits per heavy atom. The van der Waals surface area contributed by atoms with Crippen LogP contribution in [0, 0.1) is 11.8 Å². The van der Waals surface area contributed by atoms with Crippen molar-refractivity contribution in [1.29, 1.82) is 0 Å². The van der Waals surface area contributed by atoms with Crippen LogP contribution >= 0.6 is 0 Å². The lowest BCUT2D eigenvalue weighted by atomic mass is 9.89. The highest BCUT2D eigenvalue weighted by atomic mass is 14.8. The lowest BCUT2D eigenvalue weighted by Gasteiger charge is -2.19. The highest BCUT2D eigenvalue weighted by Gasteiger charge is 2.10. The molecule has 1 heteroatoms. The average molecular weight is 151 g/mol. The van der Waals surface area contributed by atoms with Crippen molar-refractivity contribution in [2.24, 2.45) is 11.8 Å². The van der Waals surface area contributed by atoms with E-state index in [0.717, 1.165) is 12.5 Å². The fraction of sp³-hybridized carbons (Fsp3) is 0.600. The Bertz CT molecular complexity index is 177. The third-order valence-electron chi connectivity index (χ3n) is 2.38.